The van der Waals surface area contributed by atoms with Crippen molar-refractivity contribution in [1.29, 1.82) is 0 Å². The van der Waals surface area contributed by atoms with Gasteiger partial charge in [0.15, 0.2) is 0 Å². The highest BCUT2D eigenvalue weighted by Gasteiger charge is 2.16. The summed E-state index contributed by atoms with van der Waals surface area (Å²) in [7, 11) is 0. The van der Waals surface area contributed by atoms with Crippen molar-refractivity contribution in [3.05, 3.63) is 182 Å². The molecule has 0 atom stereocenters. The van der Waals surface area contributed by atoms with Crippen molar-refractivity contribution >= 4 is 38.9 Å². The molecule has 0 aliphatic carbocycles. The molecule has 0 radical (unpaired) electrons. The minimum absolute atomic E-state index is 0.491. The van der Waals surface area contributed by atoms with Crippen molar-refractivity contribution in [2.24, 2.45) is 0 Å². The summed E-state index contributed by atoms with van der Waals surface area (Å²) in [4.78, 5) is 2.25. The molecule has 49 heavy (non-hydrogen) atoms. The number of anilines is 3. The van der Waals surface area contributed by atoms with Crippen LogP contribution >= 0.6 is 0 Å². The lowest BCUT2D eigenvalue weighted by molar-refractivity contribution is 0.584. The molecule has 9 rings (SSSR count). The van der Waals surface area contributed by atoms with Crippen LogP contribution in [0.5, 0.6) is 0 Å². The van der Waals surface area contributed by atoms with E-state index < -0.39 is 0 Å². The molecular weight excluding hydrogens is 601 g/mol. The number of benzene rings is 7. The van der Waals surface area contributed by atoms with Gasteiger partial charge in [0, 0.05) is 44.6 Å². The molecule has 0 N–H and O–H groups in total. The van der Waals surface area contributed by atoms with E-state index in [1.165, 1.54) is 27.4 Å². The smallest absolute Gasteiger partial charge is 0.248 e. The van der Waals surface area contributed by atoms with Crippen LogP contribution in [0, 0.1) is 0 Å². The Labute approximate surface area is 284 Å². The zero-order valence-electron chi connectivity index (χ0n) is 26.5. The van der Waals surface area contributed by atoms with Gasteiger partial charge in [-0.1, -0.05) is 97.1 Å². The summed E-state index contributed by atoms with van der Waals surface area (Å²) in [5, 5.41) is 11.1. The van der Waals surface area contributed by atoms with Crippen LogP contribution < -0.4 is 4.90 Å². The zero-order chi connectivity index (χ0) is 32.6. The van der Waals surface area contributed by atoms with Crippen LogP contribution in [0.2, 0.25) is 0 Å². The van der Waals surface area contributed by atoms with Crippen molar-refractivity contribution in [3.63, 3.8) is 0 Å². The van der Waals surface area contributed by atoms with Crippen molar-refractivity contribution in [3.8, 4) is 39.7 Å². The number of para-hydroxylation sites is 3. The monoisotopic (exact) mass is 630 g/mol. The Kier molecular flexibility index (Phi) is 7.06. The molecule has 2 aromatic heterocycles. The van der Waals surface area contributed by atoms with Crippen LogP contribution in [0.25, 0.3) is 61.5 Å². The summed E-state index contributed by atoms with van der Waals surface area (Å²) in [5.41, 5.74) is 10.8. The average molecular weight is 631 g/mol. The first-order valence-electron chi connectivity index (χ1n) is 16.3. The molecule has 5 heteroatoms. The van der Waals surface area contributed by atoms with Gasteiger partial charge in [-0.15, -0.1) is 10.2 Å². The minimum atomic E-state index is 0.491. The van der Waals surface area contributed by atoms with Gasteiger partial charge >= 0.3 is 0 Å². The number of hydrogen-bond donors (Lipinski definition) is 0. The molecule has 0 bridgehead atoms. The van der Waals surface area contributed by atoms with Crippen molar-refractivity contribution in [1.82, 2.24) is 14.8 Å². The normalized spacial score (nSPS) is 11.3. The molecule has 9 aromatic rings. The molecular formula is C44H30N4O. The lowest BCUT2D eigenvalue weighted by Crippen LogP contribution is -2.09. The Morgan fingerprint density at radius 1 is 0.367 bits per heavy atom. The zero-order valence-corrected chi connectivity index (χ0v) is 26.5. The van der Waals surface area contributed by atoms with Crippen LogP contribution in [-0.4, -0.2) is 14.8 Å². The first-order chi connectivity index (χ1) is 24.3. The second-order valence-electron chi connectivity index (χ2n) is 12.0. The standard InChI is InChI=1S/C44H30N4O/c1-3-11-33(12-4-1)43-45-46-44(49-43)34-23-29-37(30-24-34)47(35-13-5-2-6-14-35)36-25-19-31(20-26-36)32-21-27-38(28-22-32)48-41-17-9-7-15-39(41)40-16-8-10-18-42(40)48/h1-30H. The van der Waals surface area contributed by atoms with Gasteiger partial charge in [0.2, 0.25) is 11.8 Å². The Morgan fingerprint density at radius 2 is 0.776 bits per heavy atom. The largest absolute Gasteiger partial charge is 0.416 e. The molecule has 0 fully saturated rings. The van der Waals surface area contributed by atoms with Gasteiger partial charge in [0.05, 0.1) is 11.0 Å². The summed E-state index contributed by atoms with van der Waals surface area (Å²) in [6.45, 7) is 0. The molecule has 7 aromatic carbocycles. The first kappa shape index (κ1) is 28.5. The van der Waals surface area contributed by atoms with Crippen molar-refractivity contribution in [2.75, 3.05) is 4.90 Å². The molecule has 0 aliphatic rings. The summed E-state index contributed by atoms with van der Waals surface area (Å²) < 4.78 is 8.36. The Balaban J connectivity index is 1.01. The molecule has 232 valence electrons. The summed E-state index contributed by atoms with van der Waals surface area (Å²) in [6, 6.07) is 63.3. The number of aromatic nitrogens is 3. The highest BCUT2D eigenvalue weighted by atomic mass is 16.4. The van der Waals surface area contributed by atoms with Crippen LogP contribution in [0.3, 0.4) is 0 Å². The molecule has 5 nitrogen and oxygen atoms in total. The maximum absolute atomic E-state index is 6.01. The van der Waals surface area contributed by atoms with Gasteiger partial charge in [-0.25, -0.2) is 0 Å². The van der Waals surface area contributed by atoms with Crippen molar-refractivity contribution < 1.29 is 4.42 Å². The second-order valence-corrected chi connectivity index (χ2v) is 12.0. The van der Waals surface area contributed by atoms with Crippen LogP contribution in [0.15, 0.2) is 186 Å². The fourth-order valence-electron chi connectivity index (χ4n) is 6.62. The van der Waals surface area contributed by atoms with Gasteiger partial charge in [-0.2, -0.15) is 0 Å². The number of fused-ring (bicyclic) bond motifs is 3. The number of hydrogen-bond acceptors (Lipinski definition) is 4. The van der Waals surface area contributed by atoms with E-state index in [9.17, 15) is 0 Å². The maximum Gasteiger partial charge on any atom is 0.248 e. The van der Waals surface area contributed by atoms with E-state index in [1.807, 2.05) is 48.5 Å². The quantitative estimate of drug-likeness (QED) is 0.176. The molecule has 0 amide bonds. The SMILES string of the molecule is c1ccc(-c2nnc(-c3ccc(N(c4ccccc4)c4ccc(-c5ccc(-n6c7ccccc7c7ccccc76)cc5)cc4)cc3)o2)cc1. The predicted molar refractivity (Wildman–Crippen MR) is 200 cm³/mol. The topological polar surface area (TPSA) is 47.1 Å². The highest BCUT2D eigenvalue weighted by Crippen LogP contribution is 2.37. The molecule has 0 saturated carbocycles. The molecule has 2 heterocycles. The van der Waals surface area contributed by atoms with Gasteiger partial charge in [-0.3, -0.25) is 0 Å². The first-order valence-corrected chi connectivity index (χ1v) is 16.3. The third-order valence-electron chi connectivity index (χ3n) is 9.00. The van der Waals surface area contributed by atoms with Crippen LogP contribution in [0.4, 0.5) is 17.1 Å². The molecule has 0 aliphatic heterocycles. The van der Waals surface area contributed by atoms with E-state index in [0.29, 0.717) is 11.8 Å². The minimum Gasteiger partial charge on any atom is -0.416 e. The van der Waals surface area contributed by atoms with Gasteiger partial charge in [0.25, 0.3) is 0 Å². The van der Waals surface area contributed by atoms with Crippen LogP contribution in [0.1, 0.15) is 0 Å². The molecule has 0 saturated heterocycles. The third kappa shape index (κ3) is 5.24. The second kappa shape index (κ2) is 12.1. The molecule has 0 spiro atoms. The third-order valence-corrected chi connectivity index (χ3v) is 9.00. The van der Waals surface area contributed by atoms with Gasteiger partial charge in [-0.05, 0) is 96.1 Å². The fraction of sp³-hybridized carbons (Fsp3) is 0. The number of nitrogens with zero attached hydrogens (tertiary/aromatic N) is 4. The van der Waals surface area contributed by atoms with E-state index in [0.717, 1.165) is 39.4 Å². The summed E-state index contributed by atoms with van der Waals surface area (Å²) in [6.07, 6.45) is 0. The number of rotatable bonds is 7. The van der Waals surface area contributed by atoms with E-state index in [-0.39, 0.29) is 0 Å². The summed E-state index contributed by atoms with van der Waals surface area (Å²) >= 11 is 0. The van der Waals surface area contributed by atoms with Gasteiger partial charge < -0.3 is 13.9 Å². The Morgan fingerprint density at radius 3 is 1.33 bits per heavy atom. The van der Waals surface area contributed by atoms with Crippen LogP contribution in [-0.2, 0) is 0 Å². The van der Waals surface area contributed by atoms with E-state index in [1.54, 1.807) is 0 Å². The summed E-state index contributed by atoms with van der Waals surface area (Å²) in [5.74, 6) is 0.997. The predicted octanol–water partition coefficient (Wildman–Crippen LogP) is 11.6. The van der Waals surface area contributed by atoms with Crippen molar-refractivity contribution in [2.45, 2.75) is 0 Å². The average Bonchev–Trinajstić information content (AvgIpc) is 3.81. The van der Waals surface area contributed by atoms with E-state index in [2.05, 4.69) is 153 Å². The Hall–Kier alpha value is -6.72. The van der Waals surface area contributed by atoms with E-state index in [4.69, 9.17) is 4.42 Å². The molecule has 0 unspecified atom stereocenters. The lowest BCUT2D eigenvalue weighted by atomic mass is 10.0. The fourth-order valence-corrected chi connectivity index (χ4v) is 6.62. The maximum atomic E-state index is 6.01. The Bertz CT molecular complexity index is 2460. The highest BCUT2D eigenvalue weighted by molar-refractivity contribution is 6.09. The lowest BCUT2D eigenvalue weighted by Gasteiger charge is -2.25. The van der Waals surface area contributed by atoms with E-state index >= 15 is 0 Å². The van der Waals surface area contributed by atoms with Gasteiger partial charge in [0.1, 0.15) is 0 Å².